The van der Waals surface area contributed by atoms with Crippen LogP contribution >= 0.6 is 11.8 Å². The number of hydrogen-bond acceptors (Lipinski definition) is 5. The van der Waals surface area contributed by atoms with E-state index in [-0.39, 0.29) is 22.3 Å². The molecule has 2 aromatic carbocycles. The van der Waals surface area contributed by atoms with Gasteiger partial charge in [-0.25, -0.2) is 9.69 Å². The smallest absolute Gasteiger partial charge is 0.446 e. The molecule has 0 bridgehead atoms. The third kappa shape index (κ3) is 5.11. The number of para-hydroxylation sites is 1. The molecule has 2 heterocycles. The SMILES string of the molecule is CC(c1ccncc1Oc1ccccc1)C1NC(=O)N(c2ccc(SC(F)(F)F)cc2)C1=O. The maximum Gasteiger partial charge on any atom is 0.446 e. The highest BCUT2D eigenvalue weighted by molar-refractivity contribution is 8.00. The number of alkyl halides is 3. The molecular weight excluding hydrogens is 455 g/mol. The van der Waals surface area contributed by atoms with Crippen molar-refractivity contribution in [2.24, 2.45) is 0 Å². The van der Waals surface area contributed by atoms with E-state index in [1.54, 1.807) is 31.3 Å². The van der Waals surface area contributed by atoms with Crippen LogP contribution < -0.4 is 15.0 Å². The minimum atomic E-state index is -4.42. The lowest BCUT2D eigenvalue weighted by molar-refractivity contribution is -0.118. The highest BCUT2D eigenvalue weighted by atomic mass is 32.2. The Morgan fingerprint density at radius 3 is 2.42 bits per heavy atom. The van der Waals surface area contributed by atoms with Gasteiger partial charge >= 0.3 is 11.5 Å². The lowest BCUT2D eigenvalue weighted by Gasteiger charge is -2.21. The van der Waals surface area contributed by atoms with Crippen LogP contribution in [0.5, 0.6) is 11.5 Å². The van der Waals surface area contributed by atoms with Crippen LogP contribution in [0.1, 0.15) is 18.4 Å². The van der Waals surface area contributed by atoms with Gasteiger partial charge in [-0.15, -0.1) is 0 Å². The van der Waals surface area contributed by atoms with Crippen LogP contribution in [0.25, 0.3) is 0 Å². The molecule has 0 aliphatic carbocycles. The van der Waals surface area contributed by atoms with E-state index >= 15 is 0 Å². The van der Waals surface area contributed by atoms with Gasteiger partial charge in [0.2, 0.25) is 0 Å². The van der Waals surface area contributed by atoms with E-state index < -0.39 is 29.4 Å². The number of hydrogen-bond donors (Lipinski definition) is 1. The zero-order chi connectivity index (χ0) is 23.6. The second-order valence-electron chi connectivity index (χ2n) is 7.26. The van der Waals surface area contributed by atoms with Crippen LogP contribution in [0, 0.1) is 0 Å². The summed E-state index contributed by atoms with van der Waals surface area (Å²) in [7, 11) is 0. The number of thioether (sulfide) groups is 1. The van der Waals surface area contributed by atoms with Crippen LogP contribution in [-0.2, 0) is 4.79 Å². The van der Waals surface area contributed by atoms with Crippen LogP contribution in [0.3, 0.4) is 0 Å². The van der Waals surface area contributed by atoms with E-state index in [1.807, 2.05) is 18.2 Å². The van der Waals surface area contributed by atoms with Crippen molar-refractivity contribution in [2.75, 3.05) is 4.90 Å². The number of benzene rings is 2. The molecule has 4 rings (SSSR count). The molecule has 3 amide bonds. The summed E-state index contributed by atoms with van der Waals surface area (Å²) in [5, 5.41) is 2.67. The first-order valence-corrected chi connectivity index (χ1v) is 10.7. The van der Waals surface area contributed by atoms with Crippen LogP contribution in [0.15, 0.2) is 78.0 Å². The quantitative estimate of drug-likeness (QED) is 0.367. The number of carbonyl (C=O) groups excluding carboxylic acids is 2. The Hall–Kier alpha value is -3.53. The number of nitrogens with one attached hydrogen (secondary N) is 1. The molecule has 33 heavy (non-hydrogen) atoms. The molecule has 1 fully saturated rings. The number of aromatic nitrogens is 1. The Morgan fingerprint density at radius 2 is 1.76 bits per heavy atom. The van der Waals surface area contributed by atoms with Crippen LogP contribution in [0.2, 0.25) is 0 Å². The topological polar surface area (TPSA) is 71.5 Å². The summed E-state index contributed by atoms with van der Waals surface area (Å²) in [5.41, 5.74) is -3.56. The fourth-order valence-corrected chi connectivity index (χ4v) is 4.07. The highest BCUT2D eigenvalue weighted by Gasteiger charge is 2.43. The van der Waals surface area contributed by atoms with Crippen molar-refractivity contribution in [1.82, 2.24) is 10.3 Å². The number of halogens is 3. The molecule has 0 radical (unpaired) electrons. The largest absolute Gasteiger partial charge is 0.455 e. The first kappa shape index (κ1) is 22.7. The predicted molar refractivity (Wildman–Crippen MR) is 117 cm³/mol. The first-order valence-electron chi connectivity index (χ1n) is 9.90. The summed E-state index contributed by atoms with van der Waals surface area (Å²) in [6, 6.07) is 14.3. The maximum atomic E-state index is 13.1. The summed E-state index contributed by atoms with van der Waals surface area (Å²) in [4.78, 5) is 30.7. The second-order valence-corrected chi connectivity index (χ2v) is 8.40. The zero-order valence-corrected chi connectivity index (χ0v) is 18.1. The molecule has 3 aromatic rings. The van der Waals surface area contributed by atoms with Crippen molar-refractivity contribution < 1.29 is 27.5 Å². The number of ether oxygens (including phenoxy) is 1. The molecule has 2 atom stereocenters. The Labute approximate surface area is 191 Å². The van der Waals surface area contributed by atoms with E-state index in [0.717, 1.165) is 4.90 Å². The molecular formula is C23H18F3N3O3S. The number of pyridine rings is 1. The zero-order valence-electron chi connectivity index (χ0n) is 17.2. The Balaban J connectivity index is 1.54. The molecule has 6 nitrogen and oxygen atoms in total. The molecule has 1 saturated heterocycles. The average molecular weight is 473 g/mol. The number of rotatable bonds is 6. The molecule has 1 aliphatic heterocycles. The van der Waals surface area contributed by atoms with Crippen molar-refractivity contribution in [3.8, 4) is 11.5 Å². The Morgan fingerprint density at radius 1 is 1.06 bits per heavy atom. The van der Waals surface area contributed by atoms with Gasteiger partial charge in [-0.05, 0) is 54.2 Å². The number of carbonyl (C=O) groups is 2. The van der Waals surface area contributed by atoms with Gasteiger partial charge in [0.05, 0.1) is 11.9 Å². The fourth-order valence-electron chi connectivity index (χ4n) is 3.53. The van der Waals surface area contributed by atoms with E-state index in [4.69, 9.17) is 4.74 Å². The fraction of sp³-hybridized carbons (Fsp3) is 0.174. The van der Waals surface area contributed by atoms with Crippen molar-refractivity contribution >= 4 is 29.4 Å². The van der Waals surface area contributed by atoms with E-state index in [1.165, 1.54) is 30.5 Å². The number of anilines is 1. The van der Waals surface area contributed by atoms with Gasteiger partial charge in [-0.3, -0.25) is 9.78 Å². The van der Waals surface area contributed by atoms with E-state index in [2.05, 4.69) is 10.3 Å². The summed E-state index contributed by atoms with van der Waals surface area (Å²) in [5.74, 6) is 0.0730. The molecule has 0 saturated carbocycles. The van der Waals surface area contributed by atoms with Gasteiger partial charge in [0.25, 0.3) is 5.91 Å². The summed E-state index contributed by atoms with van der Waals surface area (Å²) in [6.07, 6.45) is 3.11. The van der Waals surface area contributed by atoms with Gasteiger partial charge in [-0.2, -0.15) is 13.2 Å². The number of imide groups is 1. The van der Waals surface area contributed by atoms with Crippen LogP contribution in [-0.4, -0.2) is 28.5 Å². The summed E-state index contributed by atoms with van der Waals surface area (Å²) in [6.45, 7) is 1.78. The van der Waals surface area contributed by atoms with Gasteiger partial charge < -0.3 is 10.1 Å². The molecule has 10 heteroatoms. The molecule has 1 N–H and O–H groups in total. The van der Waals surface area contributed by atoms with Crippen LogP contribution in [0.4, 0.5) is 23.7 Å². The second kappa shape index (κ2) is 9.14. The van der Waals surface area contributed by atoms with Gasteiger partial charge in [0.1, 0.15) is 17.5 Å². The third-order valence-electron chi connectivity index (χ3n) is 5.08. The predicted octanol–water partition coefficient (Wildman–Crippen LogP) is 5.71. The normalized spacial score (nSPS) is 17.1. The standard InChI is InChI=1S/C23H18F3N3O3S/c1-14(18-11-12-27-13-19(18)32-16-5-3-2-4-6-16)20-21(30)29(22(31)28-20)15-7-9-17(10-8-15)33-23(24,25)26/h2-14,20H,1H3,(H,28,31). The monoisotopic (exact) mass is 473 g/mol. The number of amides is 3. The minimum absolute atomic E-state index is 0.0392. The lowest BCUT2D eigenvalue weighted by atomic mass is 9.93. The number of urea groups is 1. The Bertz CT molecular complexity index is 1160. The van der Waals surface area contributed by atoms with Crippen molar-refractivity contribution in [1.29, 1.82) is 0 Å². The first-order chi connectivity index (χ1) is 15.7. The molecule has 1 aromatic heterocycles. The molecule has 2 unspecified atom stereocenters. The highest BCUT2D eigenvalue weighted by Crippen LogP contribution is 2.38. The van der Waals surface area contributed by atoms with Crippen molar-refractivity contribution in [3.05, 3.63) is 78.6 Å². The van der Waals surface area contributed by atoms with Gasteiger partial charge in [0.15, 0.2) is 0 Å². The van der Waals surface area contributed by atoms with E-state index in [0.29, 0.717) is 17.1 Å². The number of nitrogens with zero attached hydrogens (tertiary/aromatic N) is 2. The lowest BCUT2D eigenvalue weighted by Crippen LogP contribution is -2.35. The van der Waals surface area contributed by atoms with E-state index in [9.17, 15) is 22.8 Å². The Kier molecular flexibility index (Phi) is 6.28. The maximum absolute atomic E-state index is 13.1. The van der Waals surface area contributed by atoms with Gasteiger partial charge in [-0.1, -0.05) is 25.1 Å². The average Bonchev–Trinajstić information content (AvgIpc) is 3.08. The van der Waals surface area contributed by atoms with Gasteiger partial charge in [0, 0.05) is 22.6 Å². The summed E-state index contributed by atoms with van der Waals surface area (Å²) < 4.78 is 43.6. The molecule has 170 valence electrons. The summed E-state index contributed by atoms with van der Waals surface area (Å²) >= 11 is -0.265. The third-order valence-corrected chi connectivity index (χ3v) is 5.81. The van der Waals surface area contributed by atoms with Crippen molar-refractivity contribution in [3.63, 3.8) is 0 Å². The minimum Gasteiger partial charge on any atom is -0.455 e. The molecule has 0 spiro atoms. The molecule has 1 aliphatic rings. The van der Waals surface area contributed by atoms with Crippen molar-refractivity contribution in [2.45, 2.75) is 29.3 Å².